The van der Waals surface area contributed by atoms with Gasteiger partial charge in [0.2, 0.25) is 0 Å². The monoisotopic (exact) mass is 494 g/mol. The fourth-order valence-corrected chi connectivity index (χ4v) is 2.93. The van der Waals surface area contributed by atoms with Gasteiger partial charge >= 0.3 is 6.18 Å². The Morgan fingerprint density at radius 1 is 1.19 bits per heavy atom. The molecular weight excluding hydrogens is 460 g/mol. The van der Waals surface area contributed by atoms with Crippen LogP contribution in [0.25, 0.3) is 0 Å². The number of rotatable bonds is 10. The van der Waals surface area contributed by atoms with Gasteiger partial charge in [-0.1, -0.05) is 0 Å². The molecule has 1 saturated heterocycles. The lowest BCUT2D eigenvalue weighted by Crippen LogP contribution is -2.41. The van der Waals surface area contributed by atoms with Crippen molar-refractivity contribution in [3.8, 4) is 0 Å². The molecule has 0 bridgehead atoms. The number of hydrogen-bond acceptors (Lipinski definition) is 3. The Morgan fingerprint density at radius 3 is 2.46 bits per heavy atom. The molecule has 5 nitrogen and oxygen atoms in total. The minimum Gasteiger partial charge on any atom is -0.382 e. The van der Waals surface area contributed by atoms with Gasteiger partial charge < -0.3 is 15.4 Å². The Kier molecular flexibility index (Phi) is 14.6. The van der Waals surface area contributed by atoms with E-state index < -0.39 is 12.7 Å². The van der Waals surface area contributed by atoms with Crippen molar-refractivity contribution in [3.05, 3.63) is 0 Å². The van der Waals surface area contributed by atoms with Gasteiger partial charge in [-0.2, -0.15) is 13.2 Å². The van der Waals surface area contributed by atoms with Gasteiger partial charge in [0.05, 0.1) is 6.54 Å². The Bertz CT molecular complexity index is 376. The normalized spacial score (nSPS) is 17.0. The molecule has 0 amide bonds. The van der Waals surface area contributed by atoms with Crippen LogP contribution in [-0.4, -0.2) is 69.5 Å². The number of ether oxygens (including phenoxy) is 1. The first-order valence-corrected chi connectivity index (χ1v) is 9.33. The SMILES string of the molecule is CCNC(=NCCCOCC)NCCC1CCN(CC(F)(F)F)CC1.I. The summed E-state index contributed by atoms with van der Waals surface area (Å²) in [6.07, 6.45) is -0.571. The number of nitrogens with zero attached hydrogens (tertiary/aromatic N) is 2. The van der Waals surface area contributed by atoms with Crippen LogP contribution in [0.1, 0.15) is 39.5 Å². The molecule has 1 rings (SSSR count). The molecule has 9 heteroatoms. The summed E-state index contributed by atoms with van der Waals surface area (Å²) in [5.41, 5.74) is 0. The van der Waals surface area contributed by atoms with Gasteiger partial charge in [0, 0.05) is 32.8 Å². The molecule has 1 heterocycles. The molecule has 1 aliphatic heterocycles. The molecule has 0 spiro atoms. The molecule has 0 atom stereocenters. The maximum Gasteiger partial charge on any atom is 0.401 e. The highest BCUT2D eigenvalue weighted by Gasteiger charge is 2.32. The van der Waals surface area contributed by atoms with E-state index in [1.54, 1.807) is 0 Å². The molecule has 0 saturated carbocycles. The van der Waals surface area contributed by atoms with E-state index in [1.165, 1.54) is 4.90 Å². The van der Waals surface area contributed by atoms with Crippen molar-refractivity contribution >= 4 is 29.9 Å². The molecule has 156 valence electrons. The van der Waals surface area contributed by atoms with Gasteiger partial charge in [-0.25, -0.2) is 0 Å². The number of alkyl halides is 3. The first kappa shape index (κ1) is 25.7. The molecule has 26 heavy (non-hydrogen) atoms. The number of halogens is 4. The zero-order valence-electron chi connectivity index (χ0n) is 15.9. The summed E-state index contributed by atoms with van der Waals surface area (Å²) in [6.45, 7) is 8.04. The topological polar surface area (TPSA) is 48.9 Å². The van der Waals surface area contributed by atoms with Crippen molar-refractivity contribution in [2.75, 3.05) is 52.5 Å². The van der Waals surface area contributed by atoms with Crippen molar-refractivity contribution in [1.82, 2.24) is 15.5 Å². The minimum absolute atomic E-state index is 0. The van der Waals surface area contributed by atoms with Gasteiger partial charge in [-0.3, -0.25) is 9.89 Å². The first-order valence-electron chi connectivity index (χ1n) is 9.33. The van der Waals surface area contributed by atoms with Gasteiger partial charge in [0.15, 0.2) is 5.96 Å². The fourth-order valence-electron chi connectivity index (χ4n) is 2.93. The molecule has 0 aromatic carbocycles. The second-order valence-electron chi connectivity index (χ2n) is 6.36. The number of hydrogen-bond donors (Lipinski definition) is 2. The molecule has 0 unspecified atom stereocenters. The van der Waals surface area contributed by atoms with Crippen LogP contribution in [-0.2, 0) is 4.74 Å². The summed E-state index contributed by atoms with van der Waals surface area (Å²) in [5, 5.41) is 6.52. The lowest BCUT2D eigenvalue weighted by molar-refractivity contribution is -0.148. The van der Waals surface area contributed by atoms with E-state index in [2.05, 4.69) is 15.6 Å². The number of aliphatic imine (C=N–C) groups is 1. The van der Waals surface area contributed by atoms with Crippen molar-refractivity contribution in [3.63, 3.8) is 0 Å². The molecule has 0 aliphatic carbocycles. The third-order valence-electron chi connectivity index (χ3n) is 4.22. The van der Waals surface area contributed by atoms with Crippen molar-refractivity contribution in [1.29, 1.82) is 0 Å². The van der Waals surface area contributed by atoms with Crippen LogP contribution >= 0.6 is 24.0 Å². The van der Waals surface area contributed by atoms with E-state index in [-0.39, 0.29) is 24.0 Å². The summed E-state index contributed by atoms with van der Waals surface area (Å²) in [7, 11) is 0. The van der Waals surface area contributed by atoms with Crippen molar-refractivity contribution in [2.24, 2.45) is 10.9 Å². The molecule has 2 N–H and O–H groups in total. The lowest BCUT2D eigenvalue weighted by Gasteiger charge is -2.32. The predicted octanol–water partition coefficient (Wildman–Crippen LogP) is 3.25. The van der Waals surface area contributed by atoms with E-state index >= 15 is 0 Å². The number of guanidine groups is 1. The molecular formula is C17H34F3IN4O. The molecule has 0 radical (unpaired) electrons. The van der Waals surface area contributed by atoms with Gasteiger partial charge in [-0.15, -0.1) is 24.0 Å². The van der Waals surface area contributed by atoms with E-state index in [0.29, 0.717) is 25.6 Å². The summed E-state index contributed by atoms with van der Waals surface area (Å²) in [6, 6.07) is 0. The first-order chi connectivity index (χ1) is 11.9. The van der Waals surface area contributed by atoms with Crippen molar-refractivity contribution < 1.29 is 17.9 Å². The highest BCUT2D eigenvalue weighted by molar-refractivity contribution is 14.0. The summed E-state index contributed by atoms with van der Waals surface area (Å²) in [5.74, 6) is 1.28. The predicted molar refractivity (Wildman–Crippen MR) is 110 cm³/mol. The summed E-state index contributed by atoms with van der Waals surface area (Å²) < 4.78 is 42.5. The number of nitrogens with one attached hydrogen (secondary N) is 2. The molecule has 0 aromatic rings. The Balaban J connectivity index is 0.00000625. The zero-order chi connectivity index (χ0) is 18.5. The molecule has 1 fully saturated rings. The Hall–Kier alpha value is -0.290. The quantitative estimate of drug-likeness (QED) is 0.212. The summed E-state index contributed by atoms with van der Waals surface area (Å²) >= 11 is 0. The fraction of sp³-hybridized carbons (Fsp3) is 0.941. The van der Waals surface area contributed by atoms with Crippen molar-refractivity contribution in [2.45, 2.75) is 45.7 Å². The van der Waals surface area contributed by atoms with Crippen LogP contribution in [0.15, 0.2) is 4.99 Å². The van der Waals surface area contributed by atoms with Gasteiger partial charge in [0.1, 0.15) is 0 Å². The Labute approximate surface area is 172 Å². The van der Waals surface area contributed by atoms with Gasteiger partial charge in [-0.05, 0) is 58.5 Å². The summed E-state index contributed by atoms with van der Waals surface area (Å²) in [4.78, 5) is 6.01. The molecule has 0 aromatic heterocycles. The maximum absolute atomic E-state index is 12.4. The van der Waals surface area contributed by atoms with Crippen LogP contribution in [0.5, 0.6) is 0 Å². The standard InChI is InChI=1S/C17H33F3N4O.HI/c1-3-21-16(22-9-5-13-25-4-2)23-10-6-15-7-11-24(12-8-15)14-17(18,19)20;/h15H,3-14H2,1-2H3,(H2,21,22,23);1H. The van der Waals surface area contributed by atoms with Crippen LogP contribution in [0.3, 0.4) is 0 Å². The smallest absolute Gasteiger partial charge is 0.382 e. The third-order valence-corrected chi connectivity index (χ3v) is 4.22. The van der Waals surface area contributed by atoms with E-state index in [4.69, 9.17) is 4.74 Å². The lowest BCUT2D eigenvalue weighted by atomic mass is 9.93. The van der Waals surface area contributed by atoms with E-state index in [0.717, 1.165) is 57.9 Å². The van der Waals surface area contributed by atoms with E-state index in [1.807, 2.05) is 13.8 Å². The maximum atomic E-state index is 12.4. The zero-order valence-corrected chi connectivity index (χ0v) is 18.2. The average molecular weight is 494 g/mol. The number of piperidine rings is 1. The highest BCUT2D eigenvalue weighted by Crippen LogP contribution is 2.23. The second kappa shape index (κ2) is 14.7. The van der Waals surface area contributed by atoms with Crippen LogP contribution in [0, 0.1) is 5.92 Å². The van der Waals surface area contributed by atoms with Crippen LogP contribution in [0.4, 0.5) is 13.2 Å². The van der Waals surface area contributed by atoms with Crippen LogP contribution < -0.4 is 10.6 Å². The third kappa shape index (κ3) is 13.0. The van der Waals surface area contributed by atoms with E-state index in [9.17, 15) is 13.2 Å². The molecule has 1 aliphatic rings. The average Bonchev–Trinajstić information content (AvgIpc) is 2.55. The largest absolute Gasteiger partial charge is 0.401 e. The second-order valence-corrected chi connectivity index (χ2v) is 6.36. The minimum atomic E-state index is -4.09. The number of likely N-dealkylation sites (tertiary alicyclic amines) is 1. The van der Waals surface area contributed by atoms with Crippen LogP contribution in [0.2, 0.25) is 0 Å². The Morgan fingerprint density at radius 2 is 1.88 bits per heavy atom. The highest BCUT2D eigenvalue weighted by atomic mass is 127. The van der Waals surface area contributed by atoms with Gasteiger partial charge in [0.25, 0.3) is 0 Å².